The number of esters is 1. The maximum atomic E-state index is 13.5. The van der Waals surface area contributed by atoms with E-state index in [0.717, 1.165) is 47.2 Å². The fourth-order valence-corrected chi connectivity index (χ4v) is 3.91. The summed E-state index contributed by atoms with van der Waals surface area (Å²) in [4.78, 5) is 19.2. The molecule has 2 heterocycles. The summed E-state index contributed by atoms with van der Waals surface area (Å²) in [6, 6.07) is 14.3. The molecule has 0 aliphatic carbocycles. The molecule has 0 spiro atoms. The molecule has 28 heavy (non-hydrogen) atoms. The number of halogens is 1. The first-order valence-corrected chi connectivity index (χ1v) is 9.62. The molecule has 0 radical (unpaired) electrons. The highest BCUT2D eigenvalue weighted by atomic mass is 19.1. The first kappa shape index (κ1) is 18.4. The summed E-state index contributed by atoms with van der Waals surface area (Å²) in [6.07, 6.45) is 3.48. The normalized spacial score (nSPS) is 17.0. The van der Waals surface area contributed by atoms with Crippen molar-refractivity contribution in [1.29, 1.82) is 0 Å². The summed E-state index contributed by atoms with van der Waals surface area (Å²) in [5, 5.41) is 0.890. The van der Waals surface area contributed by atoms with Gasteiger partial charge in [-0.15, -0.1) is 0 Å². The monoisotopic (exact) mass is 378 g/mol. The number of fused-ring (bicyclic) bond motifs is 1. The Hall–Kier alpha value is -2.95. The van der Waals surface area contributed by atoms with Crippen molar-refractivity contribution in [3.63, 3.8) is 0 Å². The molecule has 1 saturated heterocycles. The highest BCUT2D eigenvalue weighted by molar-refractivity contribution is 5.96. The molecule has 0 N–H and O–H groups in total. The van der Waals surface area contributed by atoms with E-state index in [1.165, 1.54) is 25.7 Å². The molecule has 144 valence electrons. The molecular formula is C23H23FN2O2. The maximum Gasteiger partial charge on any atom is 0.337 e. The summed E-state index contributed by atoms with van der Waals surface area (Å²) in [5.41, 5.74) is 4.04. The van der Waals surface area contributed by atoms with E-state index < -0.39 is 0 Å². The van der Waals surface area contributed by atoms with Gasteiger partial charge < -0.3 is 9.64 Å². The van der Waals surface area contributed by atoms with Gasteiger partial charge in [0.25, 0.3) is 0 Å². The first-order chi connectivity index (χ1) is 13.6. The van der Waals surface area contributed by atoms with Crippen LogP contribution in [-0.4, -0.2) is 30.6 Å². The van der Waals surface area contributed by atoms with Gasteiger partial charge >= 0.3 is 5.97 Å². The lowest BCUT2D eigenvalue weighted by molar-refractivity contribution is 0.0601. The van der Waals surface area contributed by atoms with Crippen LogP contribution < -0.4 is 4.90 Å². The molecule has 1 aliphatic heterocycles. The second-order valence-corrected chi connectivity index (χ2v) is 7.30. The SMILES string of the molecule is COC(=O)c1ccc2nc(-c3ccc(F)cc3)c(N3CCCCC3C)cc2c1. The summed E-state index contributed by atoms with van der Waals surface area (Å²) in [7, 11) is 1.38. The van der Waals surface area contributed by atoms with Gasteiger partial charge in [0, 0.05) is 23.5 Å². The number of methoxy groups -OCH3 is 1. The standard InChI is InChI=1S/C23H23FN2O2/c1-15-5-3-4-12-26(15)21-14-18-13-17(23(27)28-2)8-11-20(18)25-22(21)16-6-9-19(24)10-7-16/h6-11,13-15H,3-5,12H2,1-2H3. The van der Waals surface area contributed by atoms with Crippen LogP contribution in [0.1, 0.15) is 36.5 Å². The molecule has 1 unspecified atom stereocenters. The number of hydrogen-bond acceptors (Lipinski definition) is 4. The average molecular weight is 378 g/mol. The zero-order chi connectivity index (χ0) is 19.7. The molecule has 0 bridgehead atoms. The number of carbonyl (C=O) groups excluding carboxylic acids is 1. The molecule has 1 aromatic heterocycles. The molecule has 1 fully saturated rings. The quantitative estimate of drug-likeness (QED) is 0.587. The minimum absolute atomic E-state index is 0.264. The van der Waals surface area contributed by atoms with E-state index in [9.17, 15) is 9.18 Å². The third-order valence-corrected chi connectivity index (χ3v) is 5.45. The van der Waals surface area contributed by atoms with Gasteiger partial charge in [0.2, 0.25) is 0 Å². The van der Waals surface area contributed by atoms with Crippen molar-refractivity contribution in [3.05, 3.63) is 59.9 Å². The third kappa shape index (κ3) is 3.44. The minimum atomic E-state index is -0.364. The van der Waals surface area contributed by atoms with E-state index in [0.29, 0.717) is 11.6 Å². The number of pyridine rings is 1. The Bertz CT molecular complexity index is 1020. The van der Waals surface area contributed by atoms with E-state index in [4.69, 9.17) is 9.72 Å². The third-order valence-electron chi connectivity index (χ3n) is 5.45. The van der Waals surface area contributed by atoms with Gasteiger partial charge in [-0.25, -0.2) is 14.2 Å². The van der Waals surface area contributed by atoms with Crippen LogP contribution in [0.15, 0.2) is 48.5 Å². The Kier molecular flexibility index (Phi) is 4.99. The van der Waals surface area contributed by atoms with Crippen LogP contribution in [0.5, 0.6) is 0 Å². The van der Waals surface area contributed by atoms with E-state index in [-0.39, 0.29) is 11.8 Å². The Morgan fingerprint density at radius 1 is 1.14 bits per heavy atom. The first-order valence-electron chi connectivity index (χ1n) is 9.62. The molecule has 0 amide bonds. The van der Waals surface area contributed by atoms with Crippen molar-refractivity contribution >= 4 is 22.6 Å². The summed E-state index contributed by atoms with van der Waals surface area (Å²) >= 11 is 0. The number of benzene rings is 2. The molecule has 4 nitrogen and oxygen atoms in total. The number of ether oxygens (including phenoxy) is 1. The minimum Gasteiger partial charge on any atom is -0.465 e. The lowest BCUT2D eigenvalue weighted by Gasteiger charge is -2.36. The van der Waals surface area contributed by atoms with Crippen LogP contribution >= 0.6 is 0 Å². The maximum absolute atomic E-state index is 13.5. The van der Waals surface area contributed by atoms with Crippen LogP contribution in [0.4, 0.5) is 10.1 Å². The van der Waals surface area contributed by atoms with Crippen LogP contribution in [-0.2, 0) is 4.74 Å². The number of aromatic nitrogens is 1. The lowest BCUT2D eigenvalue weighted by Crippen LogP contribution is -2.37. The summed E-state index contributed by atoms with van der Waals surface area (Å²) < 4.78 is 18.3. The smallest absolute Gasteiger partial charge is 0.337 e. The number of anilines is 1. The Morgan fingerprint density at radius 3 is 2.64 bits per heavy atom. The molecule has 3 aromatic rings. The zero-order valence-corrected chi connectivity index (χ0v) is 16.1. The molecule has 4 rings (SSSR count). The van der Waals surface area contributed by atoms with Crippen LogP contribution in [0, 0.1) is 5.82 Å². The van der Waals surface area contributed by atoms with Crippen LogP contribution in [0.2, 0.25) is 0 Å². The van der Waals surface area contributed by atoms with Gasteiger partial charge in [0.15, 0.2) is 0 Å². The zero-order valence-electron chi connectivity index (χ0n) is 16.1. The van der Waals surface area contributed by atoms with Crippen LogP contribution in [0.3, 0.4) is 0 Å². The molecule has 2 aromatic carbocycles. The largest absolute Gasteiger partial charge is 0.465 e. The topological polar surface area (TPSA) is 42.4 Å². The second-order valence-electron chi connectivity index (χ2n) is 7.30. The van der Waals surface area contributed by atoms with E-state index in [1.807, 2.05) is 12.1 Å². The number of carbonyl (C=O) groups is 1. The van der Waals surface area contributed by atoms with Crippen molar-refractivity contribution in [2.24, 2.45) is 0 Å². The second kappa shape index (κ2) is 7.58. The van der Waals surface area contributed by atoms with Crippen molar-refractivity contribution in [2.45, 2.75) is 32.2 Å². The van der Waals surface area contributed by atoms with Gasteiger partial charge in [-0.05, 0) is 74.7 Å². The molecule has 1 atom stereocenters. The fourth-order valence-electron chi connectivity index (χ4n) is 3.91. The number of piperidine rings is 1. The number of hydrogen-bond donors (Lipinski definition) is 0. The Labute approximate surface area is 164 Å². The van der Waals surface area contributed by atoms with Crippen molar-refractivity contribution < 1.29 is 13.9 Å². The van der Waals surface area contributed by atoms with E-state index >= 15 is 0 Å². The van der Waals surface area contributed by atoms with Gasteiger partial charge in [0.05, 0.1) is 29.6 Å². The van der Waals surface area contributed by atoms with Crippen molar-refractivity contribution in [2.75, 3.05) is 18.6 Å². The fraction of sp³-hybridized carbons (Fsp3) is 0.304. The van der Waals surface area contributed by atoms with E-state index in [1.54, 1.807) is 18.2 Å². The highest BCUT2D eigenvalue weighted by Gasteiger charge is 2.23. The average Bonchev–Trinajstić information content (AvgIpc) is 2.73. The summed E-state index contributed by atoms with van der Waals surface area (Å²) in [6.45, 7) is 3.18. The van der Waals surface area contributed by atoms with Gasteiger partial charge in [-0.3, -0.25) is 0 Å². The van der Waals surface area contributed by atoms with Gasteiger partial charge in [-0.2, -0.15) is 0 Å². The predicted octanol–water partition coefficient (Wildman–Crippen LogP) is 5.21. The number of rotatable bonds is 3. The molecule has 0 saturated carbocycles. The van der Waals surface area contributed by atoms with Gasteiger partial charge in [0.1, 0.15) is 5.82 Å². The van der Waals surface area contributed by atoms with Crippen LogP contribution in [0.25, 0.3) is 22.2 Å². The molecule has 5 heteroatoms. The van der Waals surface area contributed by atoms with E-state index in [2.05, 4.69) is 17.9 Å². The highest BCUT2D eigenvalue weighted by Crippen LogP contribution is 2.36. The number of nitrogens with zero attached hydrogens (tertiary/aromatic N) is 2. The Morgan fingerprint density at radius 2 is 1.93 bits per heavy atom. The lowest BCUT2D eigenvalue weighted by atomic mass is 9.99. The predicted molar refractivity (Wildman–Crippen MR) is 109 cm³/mol. The Balaban J connectivity index is 1.90. The summed E-state index contributed by atoms with van der Waals surface area (Å²) in [5.74, 6) is -0.627. The molecular weight excluding hydrogens is 355 g/mol. The molecule has 1 aliphatic rings. The van der Waals surface area contributed by atoms with Gasteiger partial charge in [-0.1, -0.05) is 0 Å². The van der Waals surface area contributed by atoms with Crippen molar-refractivity contribution in [3.8, 4) is 11.3 Å². The van der Waals surface area contributed by atoms with Crippen molar-refractivity contribution in [1.82, 2.24) is 4.98 Å².